The first-order valence-electron chi connectivity index (χ1n) is 6.92. The summed E-state index contributed by atoms with van der Waals surface area (Å²) in [5, 5.41) is 0. The lowest BCUT2D eigenvalue weighted by molar-refractivity contribution is -0.188. The van der Waals surface area contributed by atoms with Crippen molar-refractivity contribution >= 4 is 27.0 Å². The van der Waals surface area contributed by atoms with Gasteiger partial charge in [0.1, 0.15) is 0 Å². The number of piperidine rings is 1. The van der Waals surface area contributed by atoms with E-state index in [1.165, 1.54) is 4.57 Å². The number of likely N-dealkylation sites (tertiary alicyclic amines) is 1. The Hall–Kier alpha value is -1.28. The van der Waals surface area contributed by atoms with Gasteiger partial charge in [0.15, 0.2) is 5.58 Å². The highest BCUT2D eigenvalue weighted by Gasteiger charge is 2.41. The Morgan fingerprint density at radius 2 is 2.14 bits per heavy atom. The number of aromatic nitrogens is 1. The van der Waals surface area contributed by atoms with Crippen LogP contribution in [0.5, 0.6) is 0 Å². The van der Waals surface area contributed by atoms with Crippen molar-refractivity contribution in [2.75, 3.05) is 13.1 Å². The maximum absolute atomic E-state index is 12.9. The number of nitrogens with zero attached hydrogens (tertiary/aromatic N) is 2. The lowest BCUT2D eigenvalue weighted by Crippen LogP contribution is -2.43. The summed E-state index contributed by atoms with van der Waals surface area (Å²) >= 11 is 3.29. The van der Waals surface area contributed by atoms with Gasteiger partial charge < -0.3 is 4.42 Å². The molecule has 120 valence electrons. The van der Waals surface area contributed by atoms with Crippen molar-refractivity contribution < 1.29 is 17.6 Å². The third-order valence-electron chi connectivity index (χ3n) is 3.94. The van der Waals surface area contributed by atoms with Crippen molar-refractivity contribution in [1.82, 2.24) is 9.47 Å². The van der Waals surface area contributed by atoms with Crippen molar-refractivity contribution in [3.63, 3.8) is 0 Å². The molecule has 1 saturated heterocycles. The van der Waals surface area contributed by atoms with Gasteiger partial charge in [-0.2, -0.15) is 13.2 Å². The molecule has 1 atom stereocenters. The fourth-order valence-electron chi connectivity index (χ4n) is 2.83. The monoisotopic (exact) mass is 378 g/mol. The lowest BCUT2D eigenvalue weighted by atomic mass is 9.98. The van der Waals surface area contributed by atoms with Crippen molar-refractivity contribution in [2.45, 2.75) is 25.7 Å². The maximum atomic E-state index is 12.9. The topological polar surface area (TPSA) is 38.4 Å². The highest BCUT2D eigenvalue weighted by atomic mass is 79.9. The first-order chi connectivity index (χ1) is 10.3. The van der Waals surface area contributed by atoms with E-state index in [-0.39, 0.29) is 19.6 Å². The molecule has 1 aromatic heterocycles. The first-order valence-corrected chi connectivity index (χ1v) is 7.72. The maximum Gasteiger partial charge on any atom is 0.421 e. The van der Waals surface area contributed by atoms with Crippen LogP contribution >= 0.6 is 15.9 Å². The summed E-state index contributed by atoms with van der Waals surface area (Å²) in [7, 11) is 0. The minimum atomic E-state index is -4.19. The van der Waals surface area contributed by atoms with Crippen LogP contribution < -0.4 is 5.76 Å². The molecule has 4 nitrogen and oxygen atoms in total. The van der Waals surface area contributed by atoms with E-state index in [0.29, 0.717) is 24.1 Å². The molecule has 0 radical (unpaired) electrons. The predicted octanol–water partition coefficient (Wildman–Crippen LogP) is 3.59. The molecule has 2 heterocycles. The van der Waals surface area contributed by atoms with Crippen LogP contribution in [0.3, 0.4) is 0 Å². The summed E-state index contributed by atoms with van der Waals surface area (Å²) in [4.78, 5) is 13.6. The fourth-order valence-corrected chi connectivity index (χ4v) is 3.17. The van der Waals surface area contributed by atoms with Gasteiger partial charge in [0.2, 0.25) is 0 Å². The van der Waals surface area contributed by atoms with Crippen molar-refractivity contribution in [3.8, 4) is 0 Å². The van der Waals surface area contributed by atoms with Gasteiger partial charge in [0.05, 0.1) is 18.1 Å². The van der Waals surface area contributed by atoms with Crippen LogP contribution in [0.2, 0.25) is 0 Å². The smallest absolute Gasteiger partial charge is 0.408 e. The van der Waals surface area contributed by atoms with Crippen LogP contribution in [0.15, 0.2) is 31.9 Å². The van der Waals surface area contributed by atoms with Crippen LogP contribution in [-0.4, -0.2) is 28.7 Å². The third-order valence-corrected chi connectivity index (χ3v) is 4.43. The number of benzene rings is 1. The van der Waals surface area contributed by atoms with Crippen LogP contribution in [0.1, 0.15) is 12.8 Å². The number of rotatable bonds is 2. The van der Waals surface area contributed by atoms with Gasteiger partial charge in [-0.3, -0.25) is 9.47 Å². The number of alkyl halides is 3. The van der Waals surface area contributed by atoms with Gasteiger partial charge in [-0.15, -0.1) is 0 Å². The Morgan fingerprint density at radius 1 is 1.36 bits per heavy atom. The van der Waals surface area contributed by atoms with E-state index < -0.39 is 17.9 Å². The highest BCUT2D eigenvalue weighted by molar-refractivity contribution is 9.10. The standard InChI is InChI=1S/C14H14BrF3N2O2/c15-10-3-4-11-12(6-10)22-13(21)20(11)8-19-5-1-2-9(7-19)14(16,17)18/h3-4,6,9H,1-2,5,7-8H2/t9-/m1/s1. The molecule has 0 amide bonds. The average molecular weight is 379 g/mol. The lowest BCUT2D eigenvalue weighted by Gasteiger charge is -2.33. The Bertz CT molecular complexity index is 738. The molecule has 0 aliphatic carbocycles. The second kappa shape index (κ2) is 5.73. The van der Waals surface area contributed by atoms with Gasteiger partial charge in [0, 0.05) is 11.0 Å². The van der Waals surface area contributed by atoms with Gasteiger partial charge in [0.25, 0.3) is 0 Å². The molecular weight excluding hydrogens is 365 g/mol. The molecule has 0 bridgehead atoms. The molecule has 0 unspecified atom stereocenters. The molecule has 2 aromatic rings. The highest BCUT2D eigenvalue weighted by Crippen LogP contribution is 2.33. The molecule has 1 aromatic carbocycles. The zero-order chi connectivity index (χ0) is 15.9. The van der Waals surface area contributed by atoms with E-state index in [2.05, 4.69) is 15.9 Å². The number of hydrogen-bond acceptors (Lipinski definition) is 3. The summed E-state index contributed by atoms with van der Waals surface area (Å²) < 4.78 is 45.8. The Morgan fingerprint density at radius 3 is 2.86 bits per heavy atom. The minimum absolute atomic E-state index is 0.0842. The minimum Gasteiger partial charge on any atom is -0.408 e. The van der Waals surface area contributed by atoms with Crippen LogP contribution in [0.4, 0.5) is 13.2 Å². The van der Waals surface area contributed by atoms with E-state index >= 15 is 0 Å². The van der Waals surface area contributed by atoms with Gasteiger partial charge in [-0.25, -0.2) is 4.79 Å². The molecule has 0 saturated carbocycles. The molecule has 0 N–H and O–H groups in total. The molecular formula is C14H14BrF3N2O2. The number of halogens is 4. The van der Waals surface area contributed by atoms with E-state index in [0.717, 1.165) is 4.47 Å². The van der Waals surface area contributed by atoms with Gasteiger partial charge in [-0.1, -0.05) is 15.9 Å². The van der Waals surface area contributed by atoms with Crippen LogP contribution in [0.25, 0.3) is 11.1 Å². The van der Waals surface area contributed by atoms with Gasteiger partial charge >= 0.3 is 11.9 Å². The van der Waals surface area contributed by atoms with Crippen molar-refractivity contribution in [2.24, 2.45) is 5.92 Å². The normalized spacial score (nSPS) is 20.6. The van der Waals surface area contributed by atoms with Crippen LogP contribution in [-0.2, 0) is 6.67 Å². The predicted molar refractivity (Wildman–Crippen MR) is 78.5 cm³/mol. The molecule has 3 rings (SSSR count). The summed E-state index contributed by atoms with van der Waals surface area (Å²) in [6.45, 7) is 0.571. The zero-order valence-corrected chi connectivity index (χ0v) is 13.2. The molecule has 22 heavy (non-hydrogen) atoms. The quantitative estimate of drug-likeness (QED) is 0.801. The van der Waals surface area contributed by atoms with Crippen molar-refractivity contribution in [3.05, 3.63) is 33.2 Å². The van der Waals surface area contributed by atoms with E-state index in [9.17, 15) is 18.0 Å². The number of oxazole rings is 1. The Labute approximate surface area is 132 Å². The third kappa shape index (κ3) is 3.08. The number of fused-ring (bicyclic) bond motifs is 1. The second-order valence-corrected chi connectivity index (χ2v) is 6.42. The van der Waals surface area contributed by atoms with E-state index in [1.54, 1.807) is 23.1 Å². The molecule has 1 fully saturated rings. The SMILES string of the molecule is O=c1oc2cc(Br)ccc2n1CN1CCC[C@@H](C(F)(F)F)C1. The van der Waals surface area contributed by atoms with Gasteiger partial charge in [-0.05, 0) is 37.6 Å². The average Bonchev–Trinajstić information content (AvgIpc) is 2.74. The Balaban J connectivity index is 1.84. The Kier molecular flexibility index (Phi) is 4.07. The van der Waals surface area contributed by atoms with E-state index in [4.69, 9.17) is 4.42 Å². The summed E-state index contributed by atoms with van der Waals surface area (Å²) in [5.41, 5.74) is 1.01. The molecule has 1 aliphatic heterocycles. The first kappa shape index (κ1) is 15.6. The molecule has 0 spiro atoms. The van der Waals surface area contributed by atoms with Crippen LogP contribution in [0, 0.1) is 5.92 Å². The summed E-state index contributed by atoms with van der Waals surface area (Å²) in [6, 6.07) is 5.15. The summed E-state index contributed by atoms with van der Waals surface area (Å²) in [5.74, 6) is -1.88. The largest absolute Gasteiger partial charge is 0.421 e. The number of hydrogen-bond donors (Lipinski definition) is 0. The fraction of sp³-hybridized carbons (Fsp3) is 0.500. The summed E-state index contributed by atoms with van der Waals surface area (Å²) in [6.07, 6.45) is -3.57. The second-order valence-electron chi connectivity index (χ2n) is 5.51. The molecule has 8 heteroatoms. The zero-order valence-electron chi connectivity index (χ0n) is 11.6. The van der Waals surface area contributed by atoms with Crippen molar-refractivity contribution in [1.29, 1.82) is 0 Å². The van der Waals surface area contributed by atoms with E-state index in [1.807, 2.05) is 0 Å². The molecule has 1 aliphatic rings.